The molecule has 2 saturated heterocycles. The number of aryl methyl sites for hydroxylation is 1. The molecule has 8 nitrogen and oxygen atoms in total. The summed E-state index contributed by atoms with van der Waals surface area (Å²) >= 11 is 1.68. The van der Waals surface area contributed by atoms with Gasteiger partial charge in [-0.15, -0.1) is 11.3 Å². The SMILES string of the molecule is Cc1ncsc1CN1C[C@H](C(=O)NCc2ccco2)[C@H]2OCC[C@H]21.O=C(O)C(F)(F)F. The van der Waals surface area contributed by atoms with Crippen molar-refractivity contribution >= 4 is 23.2 Å². The number of thiazole rings is 1. The first-order valence-corrected chi connectivity index (χ1v) is 10.4. The van der Waals surface area contributed by atoms with E-state index in [2.05, 4.69) is 15.2 Å². The van der Waals surface area contributed by atoms with E-state index in [-0.39, 0.29) is 17.9 Å². The van der Waals surface area contributed by atoms with E-state index in [0.29, 0.717) is 12.6 Å². The second-order valence-electron chi connectivity index (χ2n) is 7.19. The number of likely N-dealkylation sites (tertiary alicyclic amines) is 1. The minimum atomic E-state index is -5.08. The first-order valence-electron chi connectivity index (χ1n) is 9.51. The quantitative estimate of drug-likeness (QED) is 0.705. The molecule has 31 heavy (non-hydrogen) atoms. The predicted molar refractivity (Wildman–Crippen MR) is 103 cm³/mol. The van der Waals surface area contributed by atoms with Crippen molar-refractivity contribution in [1.29, 1.82) is 0 Å². The van der Waals surface area contributed by atoms with Gasteiger partial charge in [-0.1, -0.05) is 0 Å². The molecule has 2 N–H and O–H groups in total. The van der Waals surface area contributed by atoms with Gasteiger partial charge in [-0.25, -0.2) is 9.78 Å². The van der Waals surface area contributed by atoms with Gasteiger partial charge in [0.05, 0.1) is 36.0 Å². The Morgan fingerprint density at radius 3 is 2.74 bits per heavy atom. The second kappa shape index (κ2) is 9.79. The van der Waals surface area contributed by atoms with Crippen molar-refractivity contribution in [2.75, 3.05) is 13.2 Å². The van der Waals surface area contributed by atoms with Gasteiger partial charge in [-0.05, 0) is 25.5 Å². The highest BCUT2D eigenvalue weighted by molar-refractivity contribution is 7.09. The fourth-order valence-electron chi connectivity index (χ4n) is 3.66. The van der Waals surface area contributed by atoms with Crippen LogP contribution in [0.4, 0.5) is 13.2 Å². The number of carboxylic acids is 1. The summed E-state index contributed by atoms with van der Waals surface area (Å²) in [6.45, 7) is 4.78. The number of hydrogen-bond donors (Lipinski definition) is 2. The molecular formula is C19H22F3N3O5S. The number of hydrogen-bond acceptors (Lipinski definition) is 7. The van der Waals surface area contributed by atoms with Crippen LogP contribution in [0, 0.1) is 12.8 Å². The van der Waals surface area contributed by atoms with Crippen molar-refractivity contribution in [1.82, 2.24) is 15.2 Å². The molecule has 12 heteroatoms. The Morgan fingerprint density at radius 2 is 2.16 bits per heavy atom. The molecule has 0 radical (unpaired) electrons. The average molecular weight is 461 g/mol. The normalized spacial score (nSPS) is 23.2. The molecule has 2 aliphatic rings. The van der Waals surface area contributed by atoms with Gasteiger partial charge in [0.25, 0.3) is 0 Å². The van der Waals surface area contributed by atoms with Crippen LogP contribution in [0.25, 0.3) is 0 Å². The van der Waals surface area contributed by atoms with Crippen LogP contribution in [0.5, 0.6) is 0 Å². The van der Waals surface area contributed by atoms with Gasteiger partial charge in [-0.3, -0.25) is 9.69 Å². The van der Waals surface area contributed by atoms with Gasteiger partial charge in [0.2, 0.25) is 5.91 Å². The Bertz CT molecular complexity index is 887. The molecule has 4 heterocycles. The van der Waals surface area contributed by atoms with Gasteiger partial charge in [0.15, 0.2) is 0 Å². The lowest BCUT2D eigenvalue weighted by Crippen LogP contribution is -2.37. The summed E-state index contributed by atoms with van der Waals surface area (Å²) < 4.78 is 42.9. The number of amides is 1. The van der Waals surface area contributed by atoms with Crippen LogP contribution in [0.3, 0.4) is 0 Å². The van der Waals surface area contributed by atoms with E-state index in [4.69, 9.17) is 19.1 Å². The number of fused-ring (bicyclic) bond motifs is 1. The molecule has 4 rings (SSSR count). The summed E-state index contributed by atoms with van der Waals surface area (Å²) in [6.07, 6.45) is -2.48. The molecular weight excluding hydrogens is 439 g/mol. The minimum absolute atomic E-state index is 0.00479. The van der Waals surface area contributed by atoms with Crippen LogP contribution in [-0.2, 0) is 27.4 Å². The Labute approximate surface area is 180 Å². The number of carbonyl (C=O) groups is 2. The van der Waals surface area contributed by atoms with Crippen molar-refractivity contribution in [2.45, 2.75) is 44.8 Å². The van der Waals surface area contributed by atoms with Crippen molar-refractivity contribution in [3.8, 4) is 0 Å². The molecule has 0 aromatic carbocycles. The summed E-state index contributed by atoms with van der Waals surface area (Å²) in [7, 11) is 0. The molecule has 1 amide bonds. The first-order chi connectivity index (χ1) is 14.7. The van der Waals surface area contributed by atoms with Crippen LogP contribution in [0.15, 0.2) is 28.3 Å². The smallest absolute Gasteiger partial charge is 0.475 e. The lowest BCUT2D eigenvalue weighted by molar-refractivity contribution is -0.192. The standard InChI is InChI=1S/C17H21N3O3S.C2HF3O2/c1-11-15(24-10-19-11)9-20-8-13(16-14(20)4-6-23-16)17(21)18-7-12-3-2-5-22-12;3-2(4,5)1(6)7/h2-3,5,10,13-14,16H,4,6-9H2,1H3,(H,18,21);(H,6,7)/t13-,14+,16+;/m0./s1. The number of rotatable bonds is 5. The molecule has 0 saturated carbocycles. The van der Waals surface area contributed by atoms with E-state index in [9.17, 15) is 18.0 Å². The van der Waals surface area contributed by atoms with E-state index in [0.717, 1.165) is 37.6 Å². The number of ether oxygens (including phenoxy) is 1. The zero-order valence-electron chi connectivity index (χ0n) is 16.6. The number of furan rings is 1. The number of aromatic nitrogens is 1. The third kappa shape index (κ3) is 5.83. The Hall–Kier alpha value is -2.44. The van der Waals surface area contributed by atoms with Gasteiger partial charge < -0.3 is 19.6 Å². The largest absolute Gasteiger partial charge is 0.490 e. The predicted octanol–water partition coefficient (Wildman–Crippen LogP) is 2.58. The third-order valence-electron chi connectivity index (χ3n) is 5.19. The molecule has 0 bridgehead atoms. The van der Waals surface area contributed by atoms with Crippen LogP contribution in [-0.4, -0.2) is 58.3 Å². The van der Waals surface area contributed by atoms with Gasteiger partial charge in [0, 0.05) is 30.6 Å². The first kappa shape index (κ1) is 23.2. The van der Waals surface area contributed by atoms with E-state index in [1.54, 1.807) is 17.6 Å². The lowest BCUT2D eigenvalue weighted by atomic mass is 10.0. The zero-order chi connectivity index (χ0) is 22.6. The molecule has 0 spiro atoms. The molecule has 170 valence electrons. The Kier molecular flexibility index (Phi) is 7.34. The number of nitrogens with zero attached hydrogens (tertiary/aromatic N) is 2. The van der Waals surface area contributed by atoms with Gasteiger partial charge in [0.1, 0.15) is 5.76 Å². The second-order valence-corrected chi connectivity index (χ2v) is 8.13. The molecule has 2 fully saturated rings. The molecule has 0 unspecified atom stereocenters. The van der Waals surface area contributed by atoms with Crippen molar-refractivity contribution in [3.05, 3.63) is 40.2 Å². The number of alkyl halides is 3. The van der Waals surface area contributed by atoms with Crippen molar-refractivity contribution < 1.29 is 37.0 Å². The topological polar surface area (TPSA) is 105 Å². The number of carbonyl (C=O) groups excluding carboxylic acids is 1. The maximum atomic E-state index is 12.6. The maximum Gasteiger partial charge on any atom is 0.490 e. The molecule has 2 aromatic heterocycles. The lowest BCUT2D eigenvalue weighted by Gasteiger charge is -2.21. The average Bonchev–Trinajstić information content (AvgIpc) is 3.47. The Morgan fingerprint density at radius 1 is 1.42 bits per heavy atom. The van der Waals surface area contributed by atoms with Crippen molar-refractivity contribution in [3.63, 3.8) is 0 Å². The van der Waals surface area contributed by atoms with E-state index < -0.39 is 12.1 Å². The number of carboxylic acid groups (broad SMARTS) is 1. The summed E-state index contributed by atoms with van der Waals surface area (Å²) in [5.41, 5.74) is 2.97. The van der Waals surface area contributed by atoms with Crippen LogP contribution in [0.1, 0.15) is 22.8 Å². The summed E-state index contributed by atoms with van der Waals surface area (Å²) in [4.78, 5) is 29.5. The summed E-state index contributed by atoms with van der Waals surface area (Å²) in [5.74, 6) is -2.07. The van der Waals surface area contributed by atoms with E-state index in [1.165, 1.54) is 4.88 Å². The molecule has 2 aromatic rings. The highest BCUT2D eigenvalue weighted by Gasteiger charge is 2.48. The maximum absolute atomic E-state index is 12.6. The third-order valence-corrected chi connectivity index (χ3v) is 6.11. The number of nitrogens with one attached hydrogen (secondary N) is 1. The summed E-state index contributed by atoms with van der Waals surface area (Å²) in [5, 5.41) is 10.1. The zero-order valence-corrected chi connectivity index (χ0v) is 17.4. The Balaban J connectivity index is 0.000000339. The van der Waals surface area contributed by atoms with E-state index in [1.807, 2.05) is 24.6 Å². The van der Waals surface area contributed by atoms with Gasteiger partial charge >= 0.3 is 12.1 Å². The van der Waals surface area contributed by atoms with Crippen LogP contribution in [0.2, 0.25) is 0 Å². The highest BCUT2D eigenvalue weighted by atomic mass is 32.1. The summed E-state index contributed by atoms with van der Waals surface area (Å²) in [6, 6.07) is 4.01. The van der Waals surface area contributed by atoms with Crippen molar-refractivity contribution in [2.24, 2.45) is 5.92 Å². The highest BCUT2D eigenvalue weighted by Crippen LogP contribution is 2.35. The van der Waals surface area contributed by atoms with Crippen LogP contribution >= 0.6 is 11.3 Å². The minimum Gasteiger partial charge on any atom is -0.475 e. The monoisotopic (exact) mass is 461 g/mol. The molecule has 2 aliphatic heterocycles. The van der Waals surface area contributed by atoms with Gasteiger partial charge in [-0.2, -0.15) is 13.2 Å². The fourth-order valence-corrected chi connectivity index (χ4v) is 4.46. The number of halogens is 3. The molecule has 0 aliphatic carbocycles. The van der Waals surface area contributed by atoms with Crippen LogP contribution < -0.4 is 5.32 Å². The molecule has 3 atom stereocenters. The fraction of sp³-hybridized carbons (Fsp3) is 0.526. The number of aliphatic carboxylic acids is 1. The van der Waals surface area contributed by atoms with E-state index >= 15 is 0 Å².